The van der Waals surface area contributed by atoms with Gasteiger partial charge >= 0.3 is 67.6 Å². The number of hydrogen-bond acceptors (Lipinski definition) is 6. The first-order valence-electron chi connectivity index (χ1n) is 4.94. The van der Waals surface area contributed by atoms with Crippen LogP contribution in [0, 0.1) is 0 Å². The molecule has 0 saturated carbocycles. The molecule has 22 heavy (non-hydrogen) atoms. The number of carboxylic acid groups (broad SMARTS) is 5. The van der Waals surface area contributed by atoms with Gasteiger partial charge in [-0.25, -0.2) is 14.4 Å². The molecule has 0 amide bonds. The van der Waals surface area contributed by atoms with E-state index >= 15 is 0 Å². The van der Waals surface area contributed by atoms with E-state index in [0.29, 0.717) is 12.2 Å². The first kappa shape index (κ1) is 25.3. The molecule has 0 aliphatic heterocycles. The summed E-state index contributed by atoms with van der Waals surface area (Å²) in [5, 5.41) is 49.4. The molecule has 0 bridgehead atoms. The number of hydrogen-bond donors (Lipinski definition) is 6. The van der Waals surface area contributed by atoms with E-state index in [0.717, 1.165) is 0 Å². The molecule has 0 atom stereocenters. The molecule has 0 spiro atoms. The van der Waals surface area contributed by atoms with Gasteiger partial charge < -0.3 is 30.6 Å². The third-order valence-corrected chi connectivity index (χ3v) is 1.65. The third-order valence-electron chi connectivity index (χ3n) is 1.65. The van der Waals surface area contributed by atoms with E-state index in [1.54, 1.807) is 0 Å². The summed E-state index contributed by atoms with van der Waals surface area (Å²) in [6, 6.07) is 0. The fraction of sp³-hybridized carbons (Fsp3) is 0.300. The van der Waals surface area contributed by atoms with Crippen LogP contribution in [0.15, 0.2) is 12.2 Å². The van der Waals surface area contributed by atoms with E-state index in [2.05, 4.69) is 0 Å². The van der Waals surface area contributed by atoms with Gasteiger partial charge in [0.15, 0.2) is 5.60 Å². The predicted molar refractivity (Wildman–Crippen MR) is 70.0 cm³/mol. The molecule has 0 unspecified atom stereocenters. The quantitative estimate of drug-likeness (QED) is 0.210. The first-order valence-corrected chi connectivity index (χ1v) is 4.94. The number of rotatable bonds is 7. The van der Waals surface area contributed by atoms with Crippen molar-refractivity contribution in [2.75, 3.05) is 0 Å². The zero-order valence-electron chi connectivity index (χ0n) is 10.3. The molecule has 0 heterocycles. The summed E-state index contributed by atoms with van der Waals surface area (Å²) in [6.45, 7) is 0. The maximum absolute atomic E-state index is 10.3. The van der Waals surface area contributed by atoms with Crippen molar-refractivity contribution in [2.24, 2.45) is 0 Å². The van der Waals surface area contributed by atoms with Gasteiger partial charge in [0.05, 0.1) is 12.8 Å². The van der Waals surface area contributed by atoms with Crippen LogP contribution in [-0.2, 0) is 24.0 Å². The molecule has 0 fully saturated rings. The number of carbonyl (C=O) groups is 5. The van der Waals surface area contributed by atoms with E-state index < -0.39 is 48.3 Å². The molecule has 0 saturated heterocycles. The Morgan fingerprint density at radius 2 is 1.00 bits per heavy atom. The third kappa shape index (κ3) is 14.7. The molecule has 12 heteroatoms. The van der Waals surface area contributed by atoms with Gasteiger partial charge in [0.25, 0.3) is 0 Å². The van der Waals surface area contributed by atoms with Crippen LogP contribution in [0.3, 0.4) is 0 Å². The normalized spacial score (nSPS) is 9.86. The minimum absolute atomic E-state index is 0. The Balaban J connectivity index is -0.000000348. The Morgan fingerprint density at radius 1 is 0.727 bits per heavy atom. The first-order chi connectivity index (χ1) is 9.40. The Hall–Kier alpha value is -1.69. The van der Waals surface area contributed by atoms with Crippen molar-refractivity contribution >= 4 is 67.6 Å². The van der Waals surface area contributed by atoms with Crippen LogP contribution >= 0.6 is 0 Å². The molecule has 0 aliphatic carbocycles. The van der Waals surface area contributed by atoms with Gasteiger partial charge in [0, 0.05) is 12.2 Å². The minimum atomic E-state index is -2.74. The molecule has 0 radical (unpaired) electrons. The van der Waals surface area contributed by atoms with Gasteiger partial charge in [-0.15, -0.1) is 0 Å². The summed E-state index contributed by atoms with van der Waals surface area (Å²) in [7, 11) is 0. The van der Waals surface area contributed by atoms with Gasteiger partial charge in [0.1, 0.15) is 0 Å². The monoisotopic (exact) mass is 350 g/mol. The Bertz CT molecular complexity index is 435. The van der Waals surface area contributed by atoms with Gasteiger partial charge in [-0.3, -0.25) is 9.59 Å². The second-order valence-corrected chi connectivity index (χ2v) is 3.49. The fourth-order valence-corrected chi connectivity index (χ4v) is 0.857. The molecule has 0 aromatic heterocycles. The van der Waals surface area contributed by atoms with Crippen LogP contribution in [0.2, 0.25) is 0 Å². The van der Waals surface area contributed by atoms with Crippen LogP contribution in [0.4, 0.5) is 0 Å². The Labute approximate surface area is 152 Å². The van der Waals surface area contributed by atoms with Crippen LogP contribution in [0.1, 0.15) is 12.8 Å². The summed E-state index contributed by atoms with van der Waals surface area (Å²) in [6.07, 6.45) is -1.17. The van der Waals surface area contributed by atoms with Crippen molar-refractivity contribution in [1.82, 2.24) is 0 Å². The zero-order valence-corrected chi connectivity index (χ0v) is 10.3. The maximum atomic E-state index is 10.3. The van der Waals surface area contributed by atoms with E-state index in [1.807, 2.05) is 0 Å². The Morgan fingerprint density at radius 3 is 1.14 bits per heavy atom. The number of aliphatic carboxylic acids is 5. The van der Waals surface area contributed by atoms with Crippen LogP contribution in [-0.4, -0.2) is 104 Å². The Kier molecular flexibility index (Phi) is 13.7. The molecular formula is C10H14CaO11. The van der Waals surface area contributed by atoms with Crippen molar-refractivity contribution in [1.29, 1.82) is 0 Å². The van der Waals surface area contributed by atoms with Crippen molar-refractivity contribution in [3.8, 4) is 0 Å². The van der Waals surface area contributed by atoms with Crippen molar-refractivity contribution in [3.63, 3.8) is 0 Å². The van der Waals surface area contributed by atoms with Crippen LogP contribution in [0.25, 0.3) is 0 Å². The molecular weight excluding hydrogens is 336 g/mol. The van der Waals surface area contributed by atoms with Crippen LogP contribution in [0.5, 0.6) is 0 Å². The van der Waals surface area contributed by atoms with Gasteiger partial charge in [0.2, 0.25) is 0 Å². The van der Waals surface area contributed by atoms with Crippen molar-refractivity contribution in [3.05, 3.63) is 12.2 Å². The second-order valence-electron chi connectivity index (χ2n) is 3.49. The van der Waals surface area contributed by atoms with E-state index in [-0.39, 0.29) is 37.7 Å². The molecule has 6 N–H and O–H groups in total. The van der Waals surface area contributed by atoms with E-state index in [9.17, 15) is 24.0 Å². The molecule has 11 nitrogen and oxygen atoms in total. The molecule has 0 aliphatic rings. The summed E-state index contributed by atoms with van der Waals surface area (Å²) >= 11 is 0. The summed E-state index contributed by atoms with van der Waals surface area (Å²) in [5.41, 5.74) is -2.74. The average molecular weight is 350 g/mol. The second kappa shape index (κ2) is 11.9. The summed E-state index contributed by atoms with van der Waals surface area (Å²) < 4.78 is 0. The van der Waals surface area contributed by atoms with E-state index in [1.165, 1.54) is 0 Å². The zero-order chi connectivity index (χ0) is 17.2. The van der Waals surface area contributed by atoms with E-state index in [4.69, 9.17) is 30.6 Å². The van der Waals surface area contributed by atoms with Crippen molar-refractivity contribution in [2.45, 2.75) is 18.4 Å². The van der Waals surface area contributed by atoms with Crippen molar-refractivity contribution < 1.29 is 54.6 Å². The van der Waals surface area contributed by atoms with Gasteiger partial charge in [-0.1, -0.05) is 0 Å². The predicted octanol–water partition coefficient (Wildman–Crippen LogP) is -2.45. The van der Waals surface area contributed by atoms with Gasteiger partial charge in [-0.2, -0.15) is 0 Å². The molecule has 122 valence electrons. The summed E-state index contributed by atoms with van der Waals surface area (Å²) in [5.74, 6) is -7.53. The summed E-state index contributed by atoms with van der Waals surface area (Å²) in [4.78, 5) is 49.6. The molecule has 0 aromatic carbocycles. The number of carboxylic acids is 5. The SMILES string of the molecule is O=C(O)/C=C\C(=O)O.O=C(O)CC(O)(CC(=O)O)C(=O)O.[CaH2]. The average Bonchev–Trinajstić information content (AvgIpc) is 2.24. The topological polar surface area (TPSA) is 207 Å². The molecule has 0 rings (SSSR count). The standard InChI is InChI=1S/C6H8O7.C4H4O4.Ca.2H/c7-3(8)1-6(13,5(11)12)2-4(9)10;5-3(6)1-2-4(7)8;;;/h13H,1-2H2,(H,7,8)(H,9,10)(H,11,12);1-2H,(H,5,6)(H,7,8);;;/b;2-1-;;;. The van der Waals surface area contributed by atoms with Crippen LogP contribution < -0.4 is 0 Å². The fourth-order valence-electron chi connectivity index (χ4n) is 0.857. The number of aliphatic hydroxyl groups is 1. The van der Waals surface area contributed by atoms with Gasteiger partial charge in [-0.05, 0) is 0 Å². The molecule has 0 aromatic rings.